The molecule has 0 radical (unpaired) electrons. The first-order chi connectivity index (χ1) is 16.1. The Morgan fingerprint density at radius 3 is 2.58 bits per heavy atom. The maximum absolute atomic E-state index is 13.1. The van der Waals surface area contributed by atoms with Crippen LogP contribution in [0.1, 0.15) is 34.6 Å². The maximum atomic E-state index is 13.1. The van der Waals surface area contributed by atoms with Crippen LogP contribution < -0.4 is 9.47 Å². The van der Waals surface area contributed by atoms with Crippen molar-refractivity contribution in [2.75, 3.05) is 33.4 Å². The zero-order valence-electron chi connectivity index (χ0n) is 18.4. The predicted molar refractivity (Wildman–Crippen MR) is 122 cm³/mol. The minimum absolute atomic E-state index is 0.0580. The van der Waals surface area contributed by atoms with E-state index in [0.717, 1.165) is 5.56 Å². The van der Waals surface area contributed by atoms with Gasteiger partial charge in [0.2, 0.25) is 0 Å². The molecule has 1 aromatic heterocycles. The zero-order valence-corrected chi connectivity index (χ0v) is 19.2. The van der Waals surface area contributed by atoms with Crippen LogP contribution in [0.25, 0.3) is 0 Å². The Labute approximate surface area is 196 Å². The zero-order chi connectivity index (χ0) is 22.7. The van der Waals surface area contributed by atoms with E-state index in [9.17, 15) is 4.79 Å². The summed E-state index contributed by atoms with van der Waals surface area (Å²) in [6, 6.07) is 15.2. The molecule has 1 spiro atoms. The van der Waals surface area contributed by atoms with Crippen molar-refractivity contribution >= 4 is 17.4 Å². The van der Waals surface area contributed by atoms with Crippen LogP contribution in [0.5, 0.6) is 16.7 Å². The molecule has 1 amide bonds. The summed E-state index contributed by atoms with van der Waals surface area (Å²) in [5.41, 5.74) is 1.66. The van der Waals surface area contributed by atoms with Crippen molar-refractivity contribution in [1.82, 2.24) is 14.3 Å². The molecular formula is C24H25N3O5S. The van der Waals surface area contributed by atoms with Gasteiger partial charge in [0, 0.05) is 49.4 Å². The number of methoxy groups -OCH3 is 1. The third-order valence-corrected chi connectivity index (χ3v) is 6.52. The van der Waals surface area contributed by atoms with Gasteiger partial charge in [0.1, 0.15) is 0 Å². The normalized spacial score (nSPS) is 17.3. The molecule has 9 heteroatoms. The summed E-state index contributed by atoms with van der Waals surface area (Å²) in [6.07, 6.45) is 1.97. The molecule has 2 aliphatic heterocycles. The molecule has 0 unspecified atom stereocenters. The Hall–Kier alpha value is -3.01. The number of benzene rings is 2. The molecule has 3 heterocycles. The number of hydrogen-bond donors (Lipinski definition) is 0. The fraction of sp³-hybridized carbons (Fsp3) is 0.375. The van der Waals surface area contributed by atoms with Gasteiger partial charge < -0.3 is 23.8 Å². The molecule has 0 saturated carbocycles. The van der Waals surface area contributed by atoms with E-state index in [1.54, 1.807) is 25.3 Å². The number of likely N-dealkylation sites (tertiary alicyclic amines) is 1. The minimum atomic E-state index is -0.514. The summed E-state index contributed by atoms with van der Waals surface area (Å²) in [5.74, 6) is 1.07. The van der Waals surface area contributed by atoms with Gasteiger partial charge in [0.15, 0.2) is 23.1 Å². The molecule has 5 rings (SSSR count). The van der Waals surface area contributed by atoms with E-state index in [-0.39, 0.29) is 5.91 Å². The standard InChI is InChI=1S/C24H25N3O5S/c1-29-19-8-7-18(22(28)27-11-9-24(10-12-27)30-13-14-31-24)16-20(19)32-23-25-21(26-33-23)15-17-5-3-2-4-6-17/h2-8,16H,9-15H2,1H3. The Bertz CT molecular complexity index is 1100. The largest absolute Gasteiger partial charge is 0.493 e. The topological polar surface area (TPSA) is 83.0 Å². The van der Waals surface area contributed by atoms with Gasteiger partial charge in [0.05, 0.1) is 20.3 Å². The monoisotopic (exact) mass is 467 g/mol. The van der Waals surface area contributed by atoms with Crippen molar-refractivity contribution in [3.8, 4) is 16.7 Å². The molecule has 8 nitrogen and oxygen atoms in total. The summed E-state index contributed by atoms with van der Waals surface area (Å²) < 4.78 is 27.3. The van der Waals surface area contributed by atoms with E-state index < -0.39 is 5.79 Å². The highest BCUT2D eigenvalue weighted by molar-refractivity contribution is 7.07. The van der Waals surface area contributed by atoms with Crippen molar-refractivity contribution in [3.63, 3.8) is 0 Å². The lowest BCUT2D eigenvalue weighted by Gasteiger charge is -2.37. The number of aromatic nitrogens is 2. The molecule has 0 N–H and O–H groups in total. The Morgan fingerprint density at radius 1 is 1.09 bits per heavy atom. The van der Waals surface area contributed by atoms with Gasteiger partial charge in [-0.2, -0.15) is 9.36 Å². The number of amides is 1. The number of carbonyl (C=O) groups excluding carboxylic acids is 1. The number of carbonyl (C=O) groups is 1. The van der Waals surface area contributed by atoms with Gasteiger partial charge in [0.25, 0.3) is 11.1 Å². The third-order valence-electron chi connectivity index (χ3n) is 5.89. The van der Waals surface area contributed by atoms with Crippen molar-refractivity contribution < 1.29 is 23.7 Å². The van der Waals surface area contributed by atoms with Crippen LogP contribution in [0.2, 0.25) is 0 Å². The van der Waals surface area contributed by atoms with Crippen LogP contribution in [0.4, 0.5) is 0 Å². The van der Waals surface area contributed by atoms with Crippen molar-refractivity contribution in [2.24, 2.45) is 0 Å². The van der Waals surface area contributed by atoms with Crippen LogP contribution in [0.3, 0.4) is 0 Å². The summed E-state index contributed by atoms with van der Waals surface area (Å²) in [7, 11) is 1.57. The van der Waals surface area contributed by atoms with E-state index in [1.165, 1.54) is 11.5 Å². The second-order valence-corrected chi connectivity index (χ2v) is 8.72. The molecular weight excluding hydrogens is 442 g/mol. The maximum Gasteiger partial charge on any atom is 0.298 e. The number of nitrogens with zero attached hydrogens (tertiary/aromatic N) is 3. The second kappa shape index (κ2) is 9.46. The predicted octanol–water partition coefficient (Wildman–Crippen LogP) is 3.91. The fourth-order valence-electron chi connectivity index (χ4n) is 4.13. The van der Waals surface area contributed by atoms with E-state index in [0.29, 0.717) is 73.6 Å². The van der Waals surface area contributed by atoms with E-state index >= 15 is 0 Å². The first-order valence-corrected chi connectivity index (χ1v) is 11.7. The first kappa shape index (κ1) is 21.8. The summed E-state index contributed by atoms with van der Waals surface area (Å²) in [5, 5.41) is 0.402. The van der Waals surface area contributed by atoms with Crippen molar-refractivity contribution in [1.29, 1.82) is 0 Å². The summed E-state index contributed by atoms with van der Waals surface area (Å²) in [6.45, 7) is 2.40. The molecule has 33 heavy (non-hydrogen) atoms. The van der Waals surface area contributed by atoms with Gasteiger partial charge >= 0.3 is 0 Å². The average molecular weight is 468 g/mol. The highest BCUT2D eigenvalue weighted by Gasteiger charge is 2.40. The van der Waals surface area contributed by atoms with E-state index in [2.05, 4.69) is 9.36 Å². The van der Waals surface area contributed by atoms with Crippen LogP contribution in [0.15, 0.2) is 48.5 Å². The molecule has 3 aromatic rings. The second-order valence-electron chi connectivity index (χ2n) is 8.01. The quantitative estimate of drug-likeness (QED) is 0.544. The molecule has 2 saturated heterocycles. The molecule has 0 atom stereocenters. The van der Waals surface area contributed by atoms with Gasteiger partial charge in [-0.25, -0.2) is 0 Å². The summed E-state index contributed by atoms with van der Waals surface area (Å²) in [4.78, 5) is 19.4. The van der Waals surface area contributed by atoms with Gasteiger partial charge in [-0.1, -0.05) is 30.3 Å². The SMILES string of the molecule is COc1ccc(C(=O)N2CCC3(CC2)OCCO3)cc1Oc1nc(Cc2ccccc2)ns1. The smallest absolute Gasteiger partial charge is 0.298 e. The average Bonchev–Trinajstić information content (AvgIpc) is 3.49. The molecule has 2 aromatic carbocycles. The number of piperidine rings is 1. The molecule has 172 valence electrons. The molecule has 2 fully saturated rings. The third kappa shape index (κ3) is 4.85. The highest BCUT2D eigenvalue weighted by atomic mass is 32.1. The Kier molecular flexibility index (Phi) is 6.26. The van der Waals surface area contributed by atoms with Gasteiger partial charge in [-0.3, -0.25) is 4.79 Å². The van der Waals surface area contributed by atoms with Gasteiger partial charge in [-0.15, -0.1) is 0 Å². The van der Waals surface area contributed by atoms with Crippen LogP contribution in [0, 0.1) is 0 Å². The number of ether oxygens (including phenoxy) is 4. The van der Waals surface area contributed by atoms with Crippen LogP contribution in [-0.4, -0.2) is 59.4 Å². The fourth-order valence-corrected chi connectivity index (χ4v) is 4.69. The highest BCUT2D eigenvalue weighted by Crippen LogP contribution is 2.35. The molecule has 2 aliphatic rings. The lowest BCUT2D eigenvalue weighted by molar-refractivity contribution is -0.181. The lowest BCUT2D eigenvalue weighted by Crippen LogP contribution is -2.47. The molecule has 0 bridgehead atoms. The lowest BCUT2D eigenvalue weighted by atomic mass is 10.0. The number of hydrogen-bond acceptors (Lipinski definition) is 8. The van der Waals surface area contributed by atoms with Crippen molar-refractivity contribution in [3.05, 3.63) is 65.5 Å². The van der Waals surface area contributed by atoms with Crippen LogP contribution in [-0.2, 0) is 15.9 Å². The minimum Gasteiger partial charge on any atom is -0.493 e. The molecule has 0 aliphatic carbocycles. The Balaban J connectivity index is 1.28. The summed E-state index contributed by atoms with van der Waals surface area (Å²) >= 11 is 1.17. The number of rotatable bonds is 6. The van der Waals surface area contributed by atoms with E-state index in [4.69, 9.17) is 18.9 Å². The van der Waals surface area contributed by atoms with Crippen molar-refractivity contribution in [2.45, 2.75) is 25.0 Å². The van der Waals surface area contributed by atoms with E-state index in [1.807, 2.05) is 35.2 Å². The van der Waals surface area contributed by atoms with Crippen LogP contribution >= 0.6 is 11.5 Å². The first-order valence-electron chi connectivity index (χ1n) is 10.9. The Morgan fingerprint density at radius 2 is 1.85 bits per heavy atom. The van der Waals surface area contributed by atoms with Gasteiger partial charge in [-0.05, 0) is 23.8 Å².